The van der Waals surface area contributed by atoms with Crippen LogP contribution in [0.25, 0.3) is 0 Å². The second kappa shape index (κ2) is 50.0. The van der Waals surface area contributed by atoms with Gasteiger partial charge in [-0.15, -0.1) is 0 Å². The molecule has 61 heavy (non-hydrogen) atoms. The Labute approximate surface area is 378 Å². The van der Waals surface area contributed by atoms with Crippen LogP contribution in [0, 0.1) is 0 Å². The van der Waals surface area contributed by atoms with Gasteiger partial charge < -0.3 is 14.2 Å². The predicted molar refractivity (Wildman–Crippen MR) is 261 cm³/mol. The van der Waals surface area contributed by atoms with E-state index in [9.17, 15) is 14.4 Å². The molecule has 0 aromatic heterocycles. The number of rotatable bonds is 47. The molecule has 6 heteroatoms. The van der Waals surface area contributed by atoms with Crippen molar-refractivity contribution in [1.29, 1.82) is 0 Å². The molecule has 0 fully saturated rings. The molecule has 1 atom stereocenters. The molecule has 0 aromatic rings. The molecule has 0 amide bonds. The molecule has 0 heterocycles. The van der Waals surface area contributed by atoms with Crippen LogP contribution in [0.1, 0.15) is 265 Å². The van der Waals surface area contributed by atoms with E-state index in [1.54, 1.807) is 0 Å². The lowest BCUT2D eigenvalue weighted by atomic mass is 10.1. The number of allylic oxidation sites excluding steroid dienone is 8. The third kappa shape index (κ3) is 48.3. The van der Waals surface area contributed by atoms with Crippen LogP contribution in [-0.2, 0) is 28.6 Å². The van der Waals surface area contributed by atoms with Crippen LogP contribution in [-0.4, -0.2) is 37.2 Å². The number of hydrogen-bond donors (Lipinski definition) is 0. The summed E-state index contributed by atoms with van der Waals surface area (Å²) in [6.45, 7) is 6.56. The van der Waals surface area contributed by atoms with Crippen LogP contribution >= 0.6 is 0 Å². The molecule has 0 bridgehead atoms. The van der Waals surface area contributed by atoms with Gasteiger partial charge in [-0.25, -0.2) is 0 Å². The summed E-state index contributed by atoms with van der Waals surface area (Å²) in [5.74, 6) is -0.904. The van der Waals surface area contributed by atoms with E-state index in [1.807, 2.05) is 0 Å². The third-order valence-corrected chi connectivity index (χ3v) is 11.3. The van der Waals surface area contributed by atoms with E-state index in [4.69, 9.17) is 14.2 Å². The Morgan fingerprint density at radius 1 is 0.328 bits per heavy atom. The Kier molecular flexibility index (Phi) is 47.9. The molecular weight excluding hydrogens is 757 g/mol. The molecule has 0 N–H and O–H groups in total. The molecule has 0 spiro atoms. The van der Waals surface area contributed by atoms with E-state index >= 15 is 0 Å². The van der Waals surface area contributed by atoms with Gasteiger partial charge in [0.25, 0.3) is 0 Å². The van der Waals surface area contributed by atoms with Crippen LogP contribution < -0.4 is 0 Å². The smallest absolute Gasteiger partial charge is 0.306 e. The molecule has 0 aromatic carbocycles. The summed E-state index contributed by atoms with van der Waals surface area (Å²) in [7, 11) is 0. The van der Waals surface area contributed by atoms with E-state index in [0.29, 0.717) is 19.3 Å². The van der Waals surface area contributed by atoms with Crippen LogP contribution in [0.5, 0.6) is 0 Å². The quantitative estimate of drug-likeness (QED) is 0.0263. The zero-order valence-electron chi connectivity index (χ0n) is 40.4. The highest BCUT2D eigenvalue weighted by molar-refractivity contribution is 5.71. The van der Waals surface area contributed by atoms with Crippen molar-refractivity contribution in [1.82, 2.24) is 0 Å². The number of ether oxygens (including phenoxy) is 3. The van der Waals surface area contributed by atoms with Gasteiger partial charge in [-0.05, 0) is 96.3 Å². The van der Waals surface area contributed by atoms with Crippen LogP contribution in [0.4, 0.5) is 0 Å². The average Bonchev–Trinajstić information content (AvgIpc) is 3.26. The molecule has 6 nitrogen and oxygen atoms in total. The second-order valence-corrected chi connectivity index (χ2v) is 17.4. The molecule has 0 aliphatic rings. The second-order valence-electron chi connectivity index (χ2n) is 17.4. The molecular formula is C55H98O6. The van der Waals surface area contributed by atoms with E-state index in [-0.39, 0.29) is 31.1 Å². The number of hydrogen-bond acceptors (Lipinski definition) is 6. The Morgan fingerprint density at radius 3 is 0.984 bits per heavy atom. The predicted octanol–water partition coefficient (Wildman–Crippen LogP) is 17.1. The van der Waals surface area contributed by atoms with E-state index in [1.165, 1.54) is 135 Å². The van der Waals surface area contributed by atoms with Crippen molar-refractivity contribution >= 4 is 17.9 Å². The fourth-order valence-corrected chi connectivity index (χ4v) is 7.27. The Bertz CT molecular complexity index is 1070. The summed E-state index contributed by atoms with van der Waals surface area (Å²) in [5, 5.41) is 0. The first-order valence-corrected chi connectivity index (χ1v) is 26.1. The topological polar surface area (TPSA) is 78.9 Å². The SMILES string of the molecule is CCCC/C=C/C/C=C/CCCCCCCC(=O)O[C@H](COC(=O)CCCCCCC/C=C/CCCCCCC)COC(=O)CCCCCCCCC/C=C/CCCCCC. The lowest BCUT2D eigenvalue weighted by molar-refractivity contribution is -0.167. The fourth-order valence-electron chi connectivity index (χ4n) is 7.27. The molecule has 0 saturated carbocycles. The maximum absolute atomic E-state index is 12.8. The minimum Gasteiger partial charge on any atom is -0.462 e. The summed E-state index contributed by atoms with van der Waals surface area (Å²) in [4.78, 5) is 38.0. The Morgan fingerprint density at radius 2 is 0.607 bits per heavy atom. The normalized spacial score (nSPS) is 12.4. The van der Waals surface area contributed by atoms with E-state index in [2.05, 4.69) is 69.4 Å². The van der Waals surface area contributed by atoms with Gasteiger partial charge in [0.2, 0.25) is 0 Å². The number of carbonyl (C=O) groups excluding carboxylic acids is 3. The highest BCUT2D eigenvalue weighted by atomic mass is 16.6. The first-order valence-electron chi connectivity index (χ1n) is 26.1. The Balaban J connectivity index is 4.40. The molecule has 0 radical (unpaired) electrons. The minimum absolute atomic E-state index is 0.0829. The molecule has 0 saturated heterocycles. The molecule has 354 valence electrons. The third-order valence-electron chi connectivity index (χ3n) is 11.3. The maximum Gasteiger partial charge on any atom is 0.306 e. The van der Waals surface area contributed by atoms with Crippen molar-refractivity contribution in [2.45, 2.75) is 271 Å². The number of unbranched alkanes of at least 4 members (excludes halogenated alkanes) is 28. The summed E-state index contributed by atoms with van der Waals surface area (Å²) in [6, 6.07) is 0. The molecule has 0 aliphatic carbocycles. The van der Waals surface area contributed by atoms with Gasteiger partial charge in [0, 0.05) is 19.3 Å². The van der Waals surface area contributed by atoms with Gasteiger partial charge in [-0.2, -0.15) is 0 Å². The summed E-state index contributed by atoms with van der Waals surface area (Å²) in [5.41, 5.74) is 0. The van der Waals surface area contributed by atoms with Crippen molar-refractivity contribution < 1.29 is 28.6 Å². The Hall–Kier alpha value is -2.63. The highest BCUT2D eigenvalue weighted by Gasteiger charge is 2.19. The zero-order chi connectivity index (χ0) is 44.4. The minimum atomic E-state index is -0.783. The van der Waals surface area contributed by atoms with Gasteiger partial charge in [0.1, 0.15) is 13.2 Å². The van der Waals surface area contributed by atoms with Crippen molar-refractivity contribution in [2.75, 3.05) is 13.2 Å². The molecule has 0 rings (SSSR count). The van der Waals surface area contributed by atoms with Gasteiger partial charge in [-0.1, -0.05) is 198 Å². The summed E-state index contributed by atoms with van der Waals surface area (Å²) < 4.78 is 16.8. The standard InChI is InChI=1S/C55H98O6/c1-4-7-10-13-16-19-22-25-28-31-33-36-39-42-45-48-54(57)60-51-52(61-55(58)49-46-43-40-37-34-30-27-24-21-18-15-12-9-6-3)50-59-53(56)47-44-41-38-35-32-29-26-23-20-17-14-11-8-5-2/h15,18-19,22-24,26-27,52H,4-14,16-17,20-21,25,28-51H2,1-3H3/b18-15+,22-19+,26-23+,27-24+/t52-/m1/s1. The lowest BCUT2D eigenvalue weighted by Crippen LogP contribution is -2.30. The van der Waals surface area contributed by atoms with Crippen LogP contribution in [0.15, 0.2) is 48.6 Å². The largest absolute Gasteiger partial charge is 0.462 e. The van der Waals surface area contributed by atoms with E-state index in [0.717, 1.165) is 89.9 Å². The summed E-state index contributed by atoms with van der Waals surface area (Å²) >= 11 is 0. The van der Waals surface area contributed by atoms with Crippen molar-refractivity contribution in [2.24, 2.45) is 0 Å². The molecule has 0 aliphatic heterocycles. The number of carbonyl (C=O) groups is 3. The van der Waals surface area contributed by atoms with Crippen molar-refractivity contribution in [3.05, 3.63) is 48.6 Å². The first kappa shape index (κ1) is 58.4. The van der Waals surface area contributed by atoms with Crippen molar-refractivity contribution in [3.8, 4) is 0 Å². The van der Waals surface area contributed by atoms with Crippen molar-refractivity contribution in [3.63, 3.8) is 0 Å². The average molecular weight is 855 g/mol. The van der Waals surface area contributed by atoms with E-state index < -0.39 is 6.10 Å². The zero-order valence-corrected chi connectivity index (χ0v) is 40.4. The lowest BCUT2D eigenvalue weighted by Gasteiger charge is -2.18. The highest BCUT2D eigenvalue weighted by Crippen LogP contribution is 2.14. The summed E-state index contributed by atoms with van der Waals surface area (Å²) in [6.07, 6.45) is 59.4. The fraction of sp³-hybridized carbons (Fsp3) is 0.800. The van der Waals surface area contributed by atoms with Crippen LogP contribution in [0.2, 0.25) is 0 Å². The van der Waals surface area contributed by atoms with Gasteiger partial charge >= 0.3 is 17.9 Å². The first-order chi connectivity index (χ1) is 30.0. The maximum atomic E-state index is 12.8. The van der Waals surface area contributed by atoms with Gasteiger partial charge in [0.05, 0.1) is 0 Å². The van der Waals surface area contributed by atoms with Crippen LogP contribution in [0.3, 0.4) is 0 Å². The number of esters is 3. The van der Waals surface area contributed by atoms with Gasteiger partial charge in [0.15, 0.2) is 6.10 Å². The molecule has 0 unspecified atom stereocenters. The van der Waals surface area contributed by atoms with Gasteiger partial charge in [-0.3, -0.25) is 14.4 Å². The monoisotopic (exact) mass is 855 g/mol.